The van der Waals surface area contributed by atoms with Crippen molar-refractivity contribution in [3.05, 3.63) is 0 Å². The van der Waals surface area contributed by atoms with Crippen LogP contribution in [-0.4, -0.2) is 114 Å². The van der Waals surface area contributed by atoms with Gasteiger partial charge in [-0.15, -0.1) is 0 Å². The van der Waals surface area contributed by atoms with Crippen LogP contribution in [0.3, 0.4) is 0 Å². The highest BCUT2D eigenvalue weighted by molar-refractivity contribution is 5.00. The van der Waals surface area contributed by atoms with E-state index in [4.69, 9.17) is 14.2 Å². The summed E-state index contributed by atoms with van der Waals surface area (Å²) in [5.41, 5.74) is 0. The summed E-state index contributed by atoms with van der Waals surface area (Å²) in [4.78, 5) is 0. The lowest BCUT2D eigenvalue weighted by atomic mass is 9.91. The molecule has 2 aliphatic heterocycles. The Bertz CT molecular complexity index is 420. The van der Waals surface area contributed by atoms with E-state index in [1.54, 1.807) is 0 Å². The van der Waals surface area contributed by atoms with Gasteiger partial charge in [0.25, 0.3) is 0 Å². The van der Waals surface area contributed by atoms with E-state index in [0.717, 1.165) is 0 Å². The molecule has 0 aromatic rings. The SMILES string of the molecule is C[C@]1(O[C@@]2(C)O[C@H](CO)[C@@H](O)[C@H](O)[C@@H]2O)O[C@H](CO)[C@@H](O)[C@H](O)[C@@H]1O. The van der Waals surface area contributed by atoms with E-state index in [1.807, 2.05) is 0 Å². The molecule has 11 heteroatoms. The van der Waals surface area contributed by atoms with Crippen LogP contribution in [0.15, 0.2) is 0 Å². The van der Waals surface area contributed by atoms with Gasteiger partial charge in [-0.25, -0.2) is 0 Å². The molecule has 8 N–H and O–H groups in total. The molecule has 0 unspecified atom stereocenters. The van der Waals surface area contributed by atoms with Crippen LogP contribution in [0.4, 0.5) is 0 Å². The summed E-state index contributed by atoms with van der Waals surface area (Å²) in [6.45, 7) is 0.986. The summed E-state index contributed by atoms with van der Waals surface area (Å²) in [5.74, 6) is -4.10. The Hall–Kier alpha value is -0.440. The van der Waals surface area contributed by atoms with E-state index in [-0.39, 0.29) is 0 Å². The molecule has 2 fully saturated rings. The van der Waals surface area contributed by atoms with Crippen molar-refractivity contribution >= 4 is 0 Å². The number of aliphatic hydroxyl groups is 8. The monoisotopic (exact) mass is 370 g/mol. The largest absolute Gasteiger partial charge is 0.394 e. The van der Waals surface area contributed by atoms with E-state index in [1.165, 1.54) is 13.8 Å². The standard InChI is InChI=1S/C14H26O11/c1-13(11(21)9(19)7(17)5(3-15)23-13)25-14(2)12(22)10(20)8(18)6(4-16)24-14/h5-12,15-22H,3-4H2,1-2H3/t5-,6-,7-,8-,9+,10+,11+,12+,13-,14-/m1/s1. The van der Waals surface area contributed by atoms with Crippen molar-refractivity contribution in [2.24, 2.45) is 0 Å². The molecule has 0 aromatic heterocycles. The van der Waals surface area contributed by atoms with Crippen molar-refractivity contribution in [2.75, 3.05) is 13.2 Å². The van der Waals surface area contributed by atoms with E-state index in [0.29, 0.717) is 0 Å². The minimum Gasteiger partial charge on any atom is -0.394 e. The average Bonchev–Trinajstić information content (AvgIpc) is 2.58. The summed E-state index contributed by atoms with van der Waals surface area (Å²) in [6, 6.07) is 0. The first-order valence-corrected chi connectivity index (χ1v) is 7.86. The Labute approximate surface area is 143 Å². The van der Waals surface area contributed by atoms with Gasteiger partial charge in [-0.1, -0.05) is 0 Å². The van der Waals surface area contributed by atoms with Crippen LogP contribution in [0.2, 0.25) is 0 Å². The van der Waals surface area contributed by atoms with Crippen molar-refractivity contribution in [3.63, 3.8) is 0 Å². The molecule has 148 valence electrons. The summed E-state index contributed by atoms with van der Waals surface area (Å²) < 4.78 is 16.2. The molecule has 10 atom stereocenters. The van der Waals surface area contributed by atoms with Gasteiger partial charge in [0.1, 0.15) is 48.8 Å². The van der Waals surface area contributed by atoms with Gasteiger partial charge in [0.15, 0.2) is 11.6 Å². The van der Waals surface area contributed by atoms with Gasteiger partial charge in [0.05, 0.1) is 13.2 Å². The number of hydrogen-bond donors (Lipinski definition) is 8. The summed E-state index contributed by atoms with van der Waals surface area (Å²) in [7, 11) is 0. The van der Waals surface area contributed by atoms with Gasteiger partial charge in [-0.05, 0) is 13.8 Å². The quantitative estimate of drug-likeness (QED) is 0.238. The molecule has 2 saturated heterocycles. The third-order valence-corrected chi connectivity index (χ3v) is 4.72. The van der Waals surface area contributed by atoms with Crippen molar-refractivity contribution in [1.29, 1.82) is 0 Å². The molecule has 0 spiro atoms. The maximum absolute atomic E-state index is 10.2. The molecule has 0 radical (unpaired) electrons. The predicted molar refractivity (Wildman–Crippen MR) is 77.9 cm³/mol. The van der Waals surface area contributed by atoms with E-state index >= 15 is 0 Å². The Morgan fingerprint density at radius 3 is 1.28 bits per heavy atom. The van der Waals surface area contributed by atoms with Crippen molar-refractivity contribution in [3.8, 4) is 0 Å². The highest BCUT2D eigenvalue weighted by atomic mass is 16.8. The zero-order valence-corrected chi connectivity index (χ0v) is 13.8. The van der Waals surface area contributed by atoms with Crippen molar-refractivity contribution in [2.45, 2.75) is 74.3 Å². The van der Waals surface area contributed by atoms with Crippen LogP contribution >= 0.6 is 0 Å². The Morgan fingerprint density at radius 1 is 0.680 bits per heavy atom. The summed E-state index contributed by atoms with van der Waals surface area (Å²) in [5, 5.41) is 78.4. The van der Waals surface area contributed by atoms with Gasteiger partial charge in [0.2, 0.25) is 0 Å². The van der Waals surface area contributed by atoms with Crippen LogP contribution in [-0.2, 0) is 14.2 Å². The van der Waals surface area contributed by atoms with Crippen molar-refractivity contribution in [1.82, 2.24) is 0 Å². The van der Waals surface area contributed by atoms with E-state index in [2.05, 4.69) is 0 Å². The Balaban J connectivity index is 2.28. The fourth-order valence-corrected chi connectivity index (χ4v) is 3.18. The smallest absolute Gasteiger partial charge is 0.198 e. The molecular formula is C14H26O11. The molecule has 0 amide bonds. The molecule has 2 heterocycles. The average molecular weight is 370 g/mol. The molecule has 11 nitrogen and oxygen atoms in total. The maximum atomic E-state index is 10.2. The number of aliphatic hydroxyl groups excluding tert-OH is 8. The van der Waals surface area contributed by atoms with E-state index in [9.17, 15) is 40.9 Å². The first kappa shape index (κ1) is 20.9. The molecule has 0 saturated carbocycles. The highest BCUT2D eigenvalue weighted by Gasteiger charge is 2.59. The predicted octanol–water partition coefficient (Wildman–Crippen LogP) is -4.62. The summed E-state index contributed by atoms with van der Waals surface area (Å²) >= 11 is 0. The zero-order chi connectivity index (χ0) is 19.2. The van der Waals surface area contributed by atoms with Crippen LogP contribution in [0.1, 0.15) is 13.8 Å². The fraction of sp³-hybridized carbons (Fsp3) is 1.00. The Kier molecular flexibility index (Phi) is 6.08. The van der Waals surface area contributed by atoms with Gasteiger partial charge in [-0.2, -0.15) is 0 Å². The first-order valence-electron chi connectivity index (χ1n) is 7.86. The van der Waals surface area contributed by atoms with Gasteiger partial charge in [0, 0.05) is 0 Å². The lowest BCUT2D eigenvalue weighted by Crippen LogP contribution is -2.71. The lowest BCUT2D eigenvalue weighted by Gasteiger charge is -2.53. The maximum Gasteiger partial charge on any atom is 0.198 e. The van der Waals surface area contributed by atoms with Crippen LogP contribution in [0, 0.1) is 0 Å². The van der Waals surface area contributed by atoms with Crippen LogP contribution in [0.5, 0.6) is 0 Å². The second-order valence-corrected chi connectivity index (χ2v) is 6.66. The number of rotatable bonds is 4. The van der Waals surface area contributed by atoms with Crippen LogP contribution < -0.4 is 0 Å². The molecule has 2 rings (SSSR count). The number of ether oxygens (including phenoxy) is 3. The molecule has 0 bridgehead atoms. The molecule has 25 heavy (non-hydrogen) atoms. The minimum atomic E-state index is -2.05. The first-order chi connectivity index (χ1) is 11.5. The van der Waals surface area contributed by atoms with E-state index < -0.39 is 73.6 Å². The van der Waals surface area contributed by atoms with Gasteiger partial charge >= 0.3 is 0 Å². The molecule has 0 aliphatic carbocycles. The minimum absolute atomic E-state index is 0.690. The third kappa shape index (κ3) is 3.55. The normalized spacial score (nSPS) is 54.5. The Morgan fingerprint density at radius 2 is 1.00 bits per heavy atom. The topological polar surface area (TPSA) is 190 Å². The highest BCUT2D eigenvalue weighted by Crippen LogP contribution is 2.39. The molecule has 2 aliphatic rings. The van der Waals surface area contributed by atoms with Gasteiger partial charge < -0.3 is 55.1 Å². The summed E-state index contributed by atoms with van der Waals surface area (Å²) in [6.07, 6.45) is -12.8. The molecule has 0 aromatic carbocycles. The second kappa shape index (κ2) is 7.29. The molecular weight excluding hydrogens is 344 g/mol. The second-order valence-electron chi connectivity index (χ2n) is 6.66. The number of hydrogen-bond acceptors (Lipinski definition) is 11. The lowest BCUT2D eigenvalue weighted by molar-refractivity contribution is -0.450. The third-order valence-electron chi connectivity index (χ3n) is 4.72. The van der Waals surface area contributed by atoms with Crippen LogP contribution in [0.25, 0.3) is 0 Å². The van der Waals surface area contributed by atoms with Gasteiger partial charge in [-0.3, -0.25) is 0 Å². The zero-order valence-electron chi connectivity index (χ0n) is 13.8. The van der Waals surface area contributed by atoms with Crippen molar-refractivity contribution < 1.29 is 55.1 Å². The fourth-order valence-electron chi connectivity index (χ4n) is 3.18.